The molecule has 1 fully saturated rings. The van der Waals surface area contributed by atoms with Crippen molar-refractivity contribution in [2.75, 3.05) is 12.4 Å². The first-order valence-corrected chi connectivity index (χ1v) is 6.50. The molecule has 0 aliphatic carbocycles. The van der Waals surface area contributed by atoms with Gasteiger partial charge in [0, 0.05) is 13.1 Å². The number of nitrogens with one attached hydrogen (secondary N) is 1. The van der Waals surface area contributed by atoms with E-state index in [4.69, 9.17) is 9.31 Å². The molecule has 0 spiro atoms. The number of hydrogen-bond donors (Lipinski definition) is 1. The molecule has 1 aromatic carbocycles. The first-order chi connectivity index (χ1) is 9.18. The second-order valence-electron chi connectivity index (χ2n) is 5.87. The summed E-state index contributed by atoms with van der Waals surface area (Å²) in [5.74, 6) is 0. The number of rotatable bonds is 3. The fraction of sp³-hybridized carbons (Fsp3) is 0.538. The van der Waals surface area contributed by atoms with E-state index in [1.165, 1.54) is 6.07 Å². The summed E-state index contributed by atoms with van der Waals surface area (Å²) in [6.45, 7) is 7.79. The van der Waals surface area contributed by atoms with Gasteiger partial charge in [-0.1, -0.05) is 6.07 Å². The van der Waals surface area contributed by atoms with E-state index in [0.29, 0.717) is 11.2 Å². The van der Waals surface area contributed by atoms with E-state index < -0.39 is 23.2 Å². The molecule has 1 N–H and O–H groups in total. The van der Waals surface area contributed by atoms with E-state index in [2.05, 4.69) is 5.32 Å². The van der Waals surface area contributed by atoms with Crippen LogP contribution in [0.1, 0.15) is 27.7 Å². The van der Waals surface area contributed by atoms with Crippen molar-refractivity contribution in [1.82, 2.24) is 0 Å². The van der Waals surface area contributed by atoms with Crippen LogP contribution in [-0.2, 0) is 9.31 Å². The lowest BCUT2D eigenvalue weighted by Crippen LogP contribution is -2.41. The van der Waals surface area contributed by atoms with Crippen LogP contribution in [0.5, 0.6) is 0 Å². The lowest BCUT2D eigenvalue weighted by molar-refractivity contribution is -0.383. The zero-order valence-corrected chi connectivity index (χ0v) is 12.4. The van der Waals surface area contributed by atoms with Crippen molar-refractivity contribution in [1.29, 1.82) is 0 Å². The van der Waals surface area contributed by atoms with E-state index >= 15 is 0 Å². The van der Waals surface area contributed by atoms with Crippen LogP contribution in [0.15, 0.2) is 18.2 Å². The minimum atomic E-state index is -0.593. The number of nitro benzene ring substituents is 1. The lowest BCUT2D eigenvalue weighted by atomic mass is 9.79. The van der Waals surface area contributed by atoms with Crippen LogP contribution in [0, 0.1) is 10.1 Å². The molecule has 0 aromatic heterocycles. The van der Waals surface area contributed by atoms with E-state index in [0.717, 1.165) is 0 Å². The smallest absolute Gasteiger partial charge is 0.399 e. The second-order valence-corrected chi connectivity index (χ2v) is 5.87. The molecule has 0 saturated carbocycles. The summed E-state index contributed by atoms with van der Waals surface area (Å²) in [6, 6.07) is 4.94. The van der Waals surface area contributed by atoms with Crippen LogP contribution in [0.3, 0.4) is 0 Å². The number of nitro groups is 1. The highest BCUT2D eigenvalue weighted by molar-refractivity contribution is 6.62. The van der Waals surface area contributed by atoms with Gasteiger partial charge in [0.1, 0.15) is 5.69 Å². The van der Waals surface area contributed by atoms with Gasteiger partial charge in [-0.3, -0.25) is 10.1 Å². The maximum Gasteiger partial charge on any atom is 0.495 e. The molecule has 0 unspecified atom stereocenters. The Kier molecular flexibility index (Phi) is 3.52. The van der Waals surface area contributed by atoms with Crippen molar-refractivity contribution in [2.24, 2.45) is 0 Å². The van der Waals surface area contributed by atoms with Gasteiger partial charge >= 0.3 is 7.12 Å². The molecule has 1 aliphatic heterocycles. The Morgan fingerprint density at radius 1 is 1.20 bits per heavy atom. The van der Waals surface area contributed by atoms with Crippen molar-refractivity contribution < 1.29 is 14.2 Å². The van der Waals surface area contributed by atoms with Gasteiger partial charge in [0.2, 0.25) is 0 Å². The van der Waals surface area contributed by atoms with Crippen LogP contribution in [-0.4, -0.2) is 30.3 Å². The molecule has 0 radical (unpaired) electrons. The van der Waals surface area contributed by atoms with Gasteiger partial charge in [-0.25, -0.2) is 0 Å². The van der Waals surface area contributed by atoms with Gasteiger partial charge < -0.3 is 14.6 Å². The van der Waals surface area contributed by atoms with Crippen LogP contribution >= 0.6 is 0 Å². The number of benzene rings is 1. The van der Waals surface area contributed by atoms with Crippen LogP contribution in [0.25, 0.3) is 0 Å². The topological polar surface area (TPSA) is 73.6 Å². The van der Waals surface area contributed by atoms with Crippen molar-refractivity contribution in [2.45, 2.75) is 38.9 Å². The Hall–Kier alpha value is -1.60. The van der Waals surface area contributed by atoms with Gasteiger partial charge in [-0.05, 0) is 39.2 Å². The predicted octanol–water partition coefficient (Wildman–Crippen LogP) is 1.94. The molecular formula is C13H19BN2O4. The molecule has 0 atom stereocenters. The van der Waals surface area contributed by atoms with Crippen molar-refractivity contribution in [3.05, 3.63) is 28.3 Å². The van der Waals surface area contributed by atoms with Crippen LogP contribution < -0.4 is 10.8 Å². The molecule has 1 heterocycles. The summed E-state index contributed by atoms with van der Waals surface area (Å²) in [7, 11) is 1.06. The molecule has 0 bridgehead atoms. The zero-order chi connectivity index (χ0) is 15.1. The van der Waals surface area contributed by atoms with Crippen LogP contribution in [0.4, 0.5) is 11.4 Å². The normalized spacial score (nSPS) is 19.9. The SMILES string of the molecule is CNc1ccc(B2OC(C)(C)C(C)(C)O2)cc1[N+](=O)[O-]. The highest BCUT2D eigenvalue weighted by Gasteiger charge is 2.51. The molecular weight excluding hydrogens is 259 g/mol. The minimum Gasteiger partial charge on any atom is -0.399 e. The summed E-state index contributed by atoms with van der Waals surface area (Å²) in [5.41, 5.74) is 0.201. The third kappa shape index (κ3) is 2.38. The Morgan fingerprint density at radius 3 is 2.20 bits per heavy atom. The van der Waals surface area contributed by atoms with Crippen LogP contribution in [0.2, 0.25) is 0 Å². The first kappa shape index (κ1) is 14.8. The Balaban J connectivity index is 2.36. The van der Waals surface area contributed by atoms with Crippen molar-refractivity contribution in [3.63, 3.8) is 0 Å². The van der Waals surface area contributed by atoms with E-state index in [9.17, 15) is 10.1 Å². The number of hydrogen-bond acceptors (Lipinski definition) is 5. The lowest BCUT2D eigenvalue weighted by Gasteiger charge is -2.32. The van der Waals surface area contributed by atoms with Gasteiger partial charge in [0.25, 0.3) is 5.69 Å². The summed E-state index contributed by atoms with van der Waals surface area (Å²) in [5, 5.41) is 13.9. The van der Waals surface area contributed by atoms with Gasteiger partial charge in [-0.2, -0.15) is 0 Å². The van der Waals surface area contributed by atoms with Gasteiger partial charge in [0.15, 0.2) is 0 Å². The molecule has 2 rings (SSSR count). The van der Waals surface area contributed by atoms with E-state index in [1.54, 1.807) is 19.2 Å². The molecule has 108 valence electrons. The molecule has 20 heavy (non-hydrogen) atoms. The maximum atomic E-state index is 11.1. The second kappa shape index (κ2) is 4.75. The minimum absolute atomic E-state index is 0.0136. The summed E-state index contributed by atoms with van der Waals surface area (Å²) < 4.78 is 11.8. The molecule has 0 amide bonds. The Labute approximate surface area is 118 Å². The number of anilines is 1. The third-order valence-corrected chi connectivity index (χ3v) is 4.01. The van der Waals surface area contributed by atoms with E-state index in [1.807, 2.05) is 27.7 Å². The van der Waals surface area contributed by atoms with Gasteiger partial charge in [-0.15, -0.1) is 0 Å². The quantitative estimate of drug-likeness (QED) is 0.519. The Bertz CT molecular complexity index is 529. The summed E-state index contributed by atoms with van der Waals surface area (Å²) in [6.07, 6.45) is 0. The molecule has 1 aromatic rings. The highest BCUT2D eigenvalue weighted by atomic mass is 16.7. The molecule has 7 heteroatoms. The summed E-state index contributed by atoms with van der Waals surface area (Å²) in [4.78, 5) is 10.7. The Morgan fingerprint density at radius 2 is 1.75 bits per heavy atom. The highest BCUT2D eigenvalue weighted by Crippen LogP contribution is 2.37. The average molecular weight is 278 g/mol. The van der Waals surface area contributed by atoms with Crippen molar-refractivity contribution in [3.8, 4) is 0 Å². The monoisotopic (exact) mass is 278 g/mol. The molecule has 1 aliphatic rings. The molecule has 1 saturated heterocycles. The number of nitrogens with zero attached hydrogens (tertiary/aromatic N) is 1. The first-order valence-electron chi connectivity index (χ1n) is 6.50. The predicted molar refractivity (Wildman–Crippen MR) is 78.4 cm³/mol. The fourth-order valence-corrected chi connectivity index (χ4v) is 2.04. The largest absolute Gasteiger partial charge is 0.495 e. The van der Waals surface area contributed by atoms with E-state index in [-0.39, 0.29) is 5.69 Å². The third-order valence-electron chi connectivity index (χ3n) is 4.01. The fourth-order valence-electron chi connectivity index (χ4n) is 2.04. The summed E-state index contributed by atoms with van der Waals surface area (Å²) >= 11 is 0. The molecule has 6 nitrogen and oxygen atoms in total. The van der Waals surface area contributed by atoms with Crippen molar-refractivity contribution >= 4 is 24.0 Å². The standard InChI is InChI=1S/C13H19BN2O4/c1-12(2)13(3,4)20-14(19-12)9-6-7-10(15-5)11(8-9)16(17)18/h6-8,15H,1-5H3. The van der Waals surface area contributed by atoms with Gasteiger partial charge in [0.05, 0.1) is 16.1 Å². The maximum absolute atomic E-state index is 11.1. The zero-order valence-electron chi connectivity index (χ0n) is 12.4. The average Bonchev–Trinajstić information content (AvgIpc) is 2.57.